The highest BCUT2D eigenvalue weighted by atomic mass is 79.9. The number of hydrogen-bond acceptors (Lipinski definition) is 3. The topological polar surface area (TPSA) is 66.3 Å². The van der Waals surface area contributed by atoms with E-state index >= 15 is 0 Å². The van der Waals surface area contributed by atoms with E-state index in [4.69, 9.17) is 4.42 Å². The Morgan fingerprint density at radius 1 is 1.56 bits per heavy atom. The summed E-state index contributed by atoms with van der Waals surface area (Å²) in [5, 5.41) is 0. The van der Waals surface area contributed by atoms with Gasteiger partial charge in [-0.1, -0.05) is 6.07 Å². The van der Waals surface area contributed by atoms with Crippen molar-refractivity contribution in [3.63, 3.8) is 0 Å². The van der Waals surface area contributed by atoms with Crippen LogP contribution < -0.4 is 5.76 Å². The van der Waals surface area contributed by atoms with Crippen molar-refractivity contribution >= 4 is 31.8 Å². The molecule has 0 aliphatic carbocycles. The molecule has 0 unspecified atom stereocenters. The Hall–Kier alpha value is -1.56. The van der Waals surface area contributed by atoms with Crippen LogP contribution in [0.1, 0.15) is 5.56 Å². The fourth-order valence-electron chi connectivity index (χ4n) is 1.43. The molecule has 0 aliphatic rings. The normalized spacial score (nSPS) is 10.6. The van der Waals surface area contributed by atoms with Gasteiger partial charge in [-0.25, -0.2) is 4.79 Å². The molecular formula is C10H9BrN2O3. The lowest BCUT2D eigenvalue weighted by molar-refractivity contribution is 0.233. The number of H-pyrrole nitrogens is 1. The van der Waals surface area contributed by atoms with Crippen molar-refractivity contribution in [2.75, 3.05) is 7.05 Å². The molecule has 0 atom stereocenters. The number of carbonyl (C=O) groups is 1. The molecule has 16 heavy (non-hydrogen) atoms. The predicted molar refractivity (Wildman–Crippen MR) is 62.6 cm³/mol. The molecule has 5 nitrogen and oxygen atoms in total. The summed E-state index contributed by atoms with van der Waals surface area (Å²) in [6.45, 7) is 0.466. The number of fused-ring (bicyclic) bond motifs is 1. The van der Waals surface area contributed by atoms with Crippen LogP contribution in [0.3, 0.4) is 0 Å². The number of amides is 1. The van der Waals surface area contributed by atoms with Crippen molar-refractivity contribution in [2.45, 2.75) is 6.54 Å². The number of halogens is 1. The van der Waals surface area contributed by atoms with E-state index in [-0.39, 0.29) is 4.82 Å². The lowest BCUT2D eigenvalue weighted by Gasteiger charge is -2.12. The number of benzene rings is 1. The Labute approximate surface area is 99.2 Å². The van der Waals surface area contributed by atoms with Crippen LogP contribution in [0.2, 0.25) is 0 Å². The van der Waals surface area contributed by atoms with Gasteiger partial charge < -0.3 is 9.32 Å². The van der Waals surface area contributed by atoms with Gasteiger partial charge in [-0.05, 0) is 17.7 Å². The number of oxazole rings is 1. The highest BCUT2D eigenvalue weighted by Crippen LogP contribution is 2.14. The highest BCUT2D eigenvalue weighted by Gasteiger charge is 2.07. The minimum atomic E-state index is -0.475. The Balaban J connectivity index is 2.32. The van der Waals surface area contributed by atoms with Gasteiger partial charge >= 0.3 is 5.76 Å². The maximum absolute atomic E-state index is 11.0. The molecule has 1 amide bonds. The first-order valence-electron chi connectivity index (χ1n) is 4.58. The van der Waals surface area contributed by atoms with Crippen LogP contribution in [0.25, 0.3) is 11.1 Å². The second-order valence-electron chi connectivity index (χ2n) is 3.45. The molecule has 0 aliphatic heterocycles. The molecule has 2 rings (SSSR count). The predicted octanol–water partition coefficient (Wildman–Crippen LogP) is 2.07. The Bertz CT molecular complexity index is 587. The second-order valence-corrected chi connectivity index (χ2v) is 4.13. The maximum atomic E-state index is 11.0. The maximum Gasteiger partial charge on any atom is 0.417 e. The average Bonchev–Trinajstić information content (AvgIpc) is 2.57. The molecule has 0 saturated carbocycles. The van der Waals surface area contributed by atoms with E-state index in [2.05, 4.69) is 20.9 Å². The third-order valence-electron chi connectivity index (χ3n) is 2.20. The van der Waals surface area contributed by atoms with E-state index in [0.717, 1.165) is 5.56 Å². The summed E-state index contributed by atoms with van der Waals surface area (Å²) >= 11 is 2.86. The molecule has 0 spiro atoms. The van der Waals surface area contributed by atoms with Crippen molar-refractivity contribution in [1.82, 2.24) is 9.88 Å². The minimum Gasteiger partial charge on any atom is -0.408 e. The first kappa shape index (κ1) is 10.9. The van der Waals surface area contributed by atoms with Gasteiger partial charge in [-0.2, -0.15) is 0 Å². The summed E-state index contributed by atoms with van der Waals surface area (Å²) in [4.78, 5) is 25.8. The smallest absolute Gasteiger partial charge is 0.408 e. The lowest BCUT2D eigenvalue weighted by atomic mass is 10.2. The van der Waals surface area contributed by atoms with E-state index in [9.17, 15) is 9.59 Å². The first-order chi connectivity index (χ1) is 7.56. The van der Waals surface area contributed by atoms with Crippen LogP contribution in [-0.4, -0.2) is 21.7 Å². The number of rotatable bonds is 2. The Morgan fingerprint density at radius 2 is 2.31 bits per heavy atom. The molecule has 0 bridgehead atoms. The van der Waals surface area contributed by atoms with E-state index < -0.39 is 5.76 Å². The third-order valence-corrected chi connectivity index (χ3v) is 2.81. The zero-order chi connectivity index (χ0) is 11.7. The summed E-state index contributed by atoms with van der Waals surface area (Å²) in [5.41, 5.74) is 2.07. The van der Waals surface area contributed by atoms with E-state index in [1.165, 1.54) is 4.90 Å². The Kier molecular flexibility index (Phi) is 2.82. The van der Waals surface area contributed by atoms with Gasteiger partial charge in [0.15, 0.2) is 5.58 Å². The monoisotopic (exact) mass is 284 g/mol. The number of carbonyl (C=O) groups excluding carboxylic acids is 1. The van der Waals surface area contributed by atoms with Crippen LogP contribution >= 0.6 is 15.9 Å². The van der Waals surface area contributed by atoms with Crippen molar-refractivity contribution in [2.24, 2.45) is 0 Å². The molecule has 6 heteroatoms. The Morgan fingerprint density at radius 3 is 3.00 bits per heavy atom. The van der Waals surface area contributed by atoms with Gasteiger partial charge in [-0.15, -0.1) is 0 Å². The minimum absolute atomic E-state index is 0.187. The standard InChI is InChI=1S/C10H9BrN2O3/c1-13(9(11)14)5-6-2-3-8-7(4-6)12-10(15)16-8/h2-4H,5H2,1H3,(H,12,15). The summed E-state index contributed by atoms with van der Waals surface area (Å²) in [5.74, 6) is -0.475. The zero-order valence-electron chi connectivity index (χ0n) is 8.49. The van der Waals surface area contributed by atoms with Crippen molar-refractivity contribution in [1.29, 1.82) is 0 Å². The van der Waals surface area contributed by atoms with E-state index in [0.29, 0.717) is 17.6 Å². The van der Waals surface area contributed by atoms with Gasteiger partial charge in [0.2, 0.25) is 0 Å². The average molecular weight is 285 g/mol. The van der Waals surface area contributed by atoms with Crippen LogP contribution in [0, 0.1) is 0 Å². The third kappa shape index (κ3) is 2.16. The van der Waals surface area contributed by atoms with Crippen LogP contribution in [0.15, 0.2) is 27.4 Å². The number of nitrogens with zero attached hydrogens (tertiary/aromatic N) is 1. The van der Waals surface area contributed by atoms with Gasteiger partial charge in [0.1, 0.15) is 0 Å². The largest absolute Gasteiger partial charge is 0.417 e. The summed E-state index contributed by atoms with van der Waals surface area (Å²) in [6, 6.07) is 5.30. The SMILES string of the molecule is CN(Cc1ccc2oc(=O)[nH]c2c1)C(=O)Br. The molecule has 0 saturated heterocycles. The number of aromatic amines is 1. The van der Waals surface area contributed by atoms with Gasteiger partial charge in [0.05, 0.1) is 5.52 Å². The van der Waals surface area contributed by atoms with Crippen molar-refractivity contribution in [3.05, 3.63) is 34.3 Å². The van der Waals surface area contributed by atoms with Gasteiger partial charge in [0, 0.05) is 29.5 Å². The molecule has 84 valence electrons. The van der Waals surface area contributed by atoms with E-state index in [1.807, 2.05) is 6.07 Å². The van der Waals surface area contributed by atoms with Crippen LogP contribution in [0.5, 0.6) is 0 Å². The highest BCUT2D eigenvalue weighted by molar-refractivity contribution is 9.18. The van der Waals surface area contributed by atoms with Crippen LogP contribution in [-0.2, 0) is 6.54 Å². The number of aromatic nitrogens is 1. The number of nitrogens with one attached hydrogen (secondary N) is 1. The molecule has 0 fully saturated rings. The molecule has 2 aromatic rings. The summed E-state index contributed by atoms with van der Waals surface area (Å²) in [7, 11) is 1.68. The number of hydrogen-bond donors (Lipinski definition) is 1. The summed E-state index contributed by atoms with van der Waals surface area (Å²) in [6.07, 6.45) is 0. The quantitative estimate of drug-likeness (QED) is 0.678. The lowest BCUT2D eigenvalue weighted by Crippen LogP contribution is -2.19. The van der Waals surface area contributed by atoms with Gasteiger partial charge in [-0.3, -0.25) is 9.78 Å². The van der Waals surface area contributed by atoms with Gasteiger partial charge in [0.25, 0.3) is 4.82 Å². The molecule has 0 radical (unpaired) electrons. The van der Waals surface area contributed by atoms with E-state index in [1.54, 1.807) is 19.2 Å². The molecular weight excluding hydrogens is 276 g/mol. The van der Waals surface area contributed by atoms with Crippen molar-refractivity contribution < 1.29 is 9.21 Å². The molecule has 1 aromatic carbocycles. The first-order valence-corrected chi connectivity index (χ1v) is 5.38. The fraction of sp³-hybridized carbons (Fsp3) is 0.200. The van der Waals surface area contributed by atoms with Crippen molar-refractivity contribution in [3.8, 4) is 0 Å². The summed E-state index contributed by atoms with van der Waals surface area (Å²) < 4.78 is 4.87. The van der Waals surface area contributed by atoms with Crippen LogP contribution in [0.4, 0.5) is 4.79 Å². The molecule has 1 aromatic heterocycles. The fourth-order valence-corrected chi connectivity index (χ4v) is 1.56. The second kappa shape index (κ2) is 4.13. The zero-order valence-corrected chi connectivity index (χ0v) is 10.1. The molecule has 1 N–H and O–H groups in total. The molecule has 1 heterocycles.